The number of halogens is 1. The number of pyridine rings is 1. The Hall–Kier alpha value is -1.69. The molecule has 0 aliphatic rings. The van der Waals surface area contributed by atoms with Crippen molar-refractivity contribution in [2.75, 3.05) is 0 Å². The highest BCUT2D eigenvalue weighted by molar-refractivity contribution is 9.10. The molecule has 94 valence electrons. The van der Waals surface area contributed by atoms with Crippen molar-refractivity contribution >= 4 is 21.8 Å². The Labute approximate surface area is 113 Å². The SMILES string of the molecule is Cc1cnc(C(C)NC(=O)c2ncccc2Br)o1. The molecule has 0 aliphatic heterocycles. The second-order valence-electron chi connectivity index (χ2n) is 3.84. The third-order valence-electron chi connectivity index (χ3n) is 2.33. The van der Waals surface area contributed by atoms with Gasteiger partial charge in [0.05, 0.1) is 6.20 Å². The molecule has 2 aromatic heterocycles. The molecule has 0 aromatic carbocycles. The predicted molar refractivity (Wildman–Crippen MR) is 69.1 cm³/mol. The molecule has 0 radical (unpaired) electrons. The molecule has 0 fully saturated rings. The van der Waals surface area contributed by atoms with Crippen LogP contribution in [0, 0.1) is 6.92 Å². The highest BCUT2D eigenvalue weighted by atomic mass is 79.9. The van der Waals surface area contributed by atoms with Crippen molar-refractivity contribution in [3.8, 4) is 0 Å². The summed E-state index contributed by atoms with van der Waals surface area (Å²) in [5, 5.41) is 2.78. The number of nitrogens with zero attached hydrogens (tertiary/aromatic N) is 2. The zero-order valence-electron chi connectivity index (χ0n) is 9.98. The molecule has 6 heteroatoms. The summed E-state index contributed by atoms with van der Waals surface area (Å²) >= 11 is 3.28. The third kappa shape index (κ3) is 2.76. The second kappa shape index (κ2) is 5.30. The molecule has 1 unspecified atom stereocenters. The van der Waals surface area contributed by atoms with Crippen LogP contribution in [0.4, 0.5) is 0 Å². The van der Waals surface area contributed by atoms with Crippen LogP contribution in [0.25, 0.3) is 0 Å². The summed E-state index contributed by atoms with van der Waals surface area (Å²) in [5.74, 6) is 0.920. The Morgan fingerprint density at radius 2 is 2.28 bits per heavy atom. The summed E-state index contributed by atoms with van der Waals surface area (Å²) in [6.07, 6.45) is 3.19. The maximum absolute atomic E-state index is 12.0. The van der Waals surface area contributed by atoms with Crippen molar-refractivity contribution < 1.29 is 9.21 Å². The molecule has 0 aliphatic carbocycles. The minimum absolute atomic E-state index is 0.272. The summed E-state index contributed by atoms with van der Waals surface area (Å²) in [7, 11) is 0. The lowest BCUT2D eigenvalue weighted by molar-refractivity contribution is 0.0928. The smallest absolute Gasteiger partial charge is 0.271 e. The van der Waals surface area contributed by atoms with E-state index in [1.807, 2.05) is 0 Å². The molecule has 1 atom stereocenters. The number of nitrogens with one attached hydrogen (secondary N) is 1. The molecule has 1 N–H and O–H groups in total. The standard InChI is InChI=1S/C12H12BrN3O2/c1-7-6-15-12(18-7)8(2)16-11(17)10-9(13)4-3-5-14-10/h3-6,8H,1-2H3,(H,16,17). The van der Waals surface area contributed by atoms with Crippen LogP contribution >= 0.6 is 15.9 Å². The number of carbonyl (C=O) groups excluding carboxylic acids is 1. The number of hydrogen-bond acceptors (Lipinski definition) is 4. The Kier molecular flexibility index (Phi) is 3.76. The van der Waals surface area contributed by atoms with Crippen LogP contribution in [0.2, 0.25) is 0 Å². The maximum Gasteiger partial charge on any atom is 0.271 e. The minimum Gasteiger partial charge on any atom is -0.444 e. The van der Waals surface area contributed by atoms with Crippen molar-refractivity contribution in [2.45, 2.75) is 19.9 Å². The first-order valence-corrected chi connectivity index (χ1v) is 6.21. The maximum atomic E-state index is 12.0. The van der Waals surface area contributed by atoms with Gasteiger partial charge in [0.1, 0.15) is 17.5 Å². The first-order valence-electron chi connectivity index (χ1n) is 5.41. The van der Waals surface area contributed by atoms with Crippen LogP contribution in [0.15, 0.2) is 33.4 Å². The third-order valence-corrected chi connectivity index (χ3v) is 2.97. The van der Waals surface area contributed by atoms with Crippen LogP contribution in [-0.4, -0.2) is 15.9 Å². The molecule has 18 heavy (non-hydrogen) atoms. The Balaban J connectivity index is 2.10. The van der Waals surface area contributed by atoms with Gasteiger partial charge in [-0.25, -0.2) is 9.97 Å². The number of hydrogen-bond donors (Lipinski definition) is 1. The highest BCUT2D eigenvalue weighted by Gasteiger charge is 2.17. The molecule has 0 saturated carbocycles. The zero-order valence-corrected chi connectivity index (χ0v) is 11.6. The molecule has 5 nitrogen and oxygen atoms in total. The van der Waals surface area contributed by atoms with E-state index in [0.717, 1.165) is 0 Å². The van der Waals surface area contributed by atoms with Gasteiger partial charge in [-0.3, -0.25) is 4.79 Å². The fourth-order valence-electron chi connectivity index (χ4n) is 1.45. The van der Waals surface area contributed by atoms with Crippen molar-refractivity contribution in [3.05, 3.63) is 46.3 Å². The van der Waals surface area contributed by atoms with Gasteiger partial charge in [0.25, 0.3) is 5.91 Å². The first kappa shape index (κ1) is 12.8. The molecule has 2 aromatic rings. The van der Waals surface area contributed by atoms with E-state index in [-0.39, 0.29) is 11.9 Å². The predicted octanol–water partition coefficient (Wildman–Crippen LogP) is 2.63. The van der Waals surface area contributed by atoms with Gasteiger partial charge in [-0.1, -0.05) is 0 Å². The van der Waals surface area contributed by atoms with Gasteiger partial charge in [-0.05, 0) is 41.9 Å². The lowest BCUT2D eigenvalue weighted by atomic mass is 10.3. The van der Waals surface area contributed by atoms with E-state index >= 15 is 0 Å². The molecule has 1 amide bonds. The second-order valence-corrected chi connectivity index (χ2v) is 4.69. The summed E-state index contributed by atoms with van der Waals surface area (Å²) in [6, 6.07) is 3.21. The van der Waals surface area contributed by atoms with E-state index in [0.29, 0.717) is 21.8 Å². The molecule has 2 heterocycles. The van der Waals surface area contributed by atoms with Gasteiger partial charge in [-0.15, -0.1) is 0 Å². The average molecular weight is 310 g/mol. The lowest BCUT2D eigenvalue weighted by Crippen LogP contribution is -2.27. The Morgan fingerprint density at radius 3 is 2.89 bits per heavy atom. The van der Waals surface area contributed by atoms with Crippen molar-refractivity contribution in [1.29, 1.82) is 0 Å². The molecular formula is C12H12BrN3O2. The average Bonchev–Trinajstić information content (AvgIpc) is 2.76. The van der Waals surface area contributed by atoms with Crippen molar-refractivity contribution in [3.63, 3.8) is 0 Å². The molecular weight excluding hydrogens is 298 g/mol. The van der Waals surface area contributed by atoms with Crippen LogP contribution in [0.3, 0.4) is 0 Å². The quantitative estimate of drug-likeness (QED) is 0.946. The summed E-state index contributed by atoms with van der Waals surface area (Å²) < 4.78 is 6.01. The molecule has 0 saturated heterocycles. The number of rotatable bonds is 3. The normalized spacial score (nSPS) is 12.2. The Morgan fingerprint density at radius 1 is 1.50 bits per heavy atom. The van der Waals surface area contributed by atoms with Crippen LogP contribution in [0.5, 0.6) is 0 Å². The number of aryl methyl sites for hydroxylation is 1. The van der Waals surface area contributed by atoms with E-state index in [4.69, 9.17) is 4.42 Å². The molecule has 0 bridgehead atoms. The summed E-state index contributed by atoms with van der Waals surface area (Å²) in [5.41, 5.74) is 0.340. The zero-order chi connectivity index (χ0) is 13.1. The summed E-state index contributed by atoms with van der Waals surface area (Å²) in [4.78, 5) is 20.1. The van der Waals surface area contributed by atoms with Gasteiger partial charge in [0, 0.05) is 10.7 Å². The highest BCUT2D eigenvalue weighted by Crippen LogP contribution is 2.16. The van der Waals surface area contributed by atoms with E-state index in [1.165, 1.54) is 0 Å². The van der Waals surface area contributed by atoms with Crippen LogP contribution in [-0.2, 0) is 0 Å². The number of oxazole rings is 1. The van der Waals surface area contributed by atoms with E-state index in [1.54, 1.807) is 38.4 Å². The van der Waals surface area contributed by atoms with Gasteiger partial charge in [0.15, 0.2) is 0 Å². The summed E-state index contributed by atoms with van der Waals surface area (Å²) in [6.45, 7) is 3.61. The monoisotopic (exact) mass is 309 g/mol. The van der Waals surface area contributed by atoms with E-state index in [2.05, 4.69) is 31.2 Å². The van der Waals surface area contributed by atoms with Gasteiger partial charge in [-0.2, -0.15) is 0 Å². The van der Waals surface area contributed by atoms with Crippen molar-refractivity contribution in [1.82, 2.24) is 15.3 Å². The van der Waals surface area contributed by atoms with E-state index in [9.17, 15) is 4.79 Å². The lowest BCUT2D eigenvalue weighted by Gasteiger charge is -2.10. The molecule has 0 spiro atoms. The molecule has 2 rings (SSSR count). The first-order chi connectivity index (χ1) is 8.58. The fraction of sp³-hybridized carbons (Fsp3) is 0.250. The number of amides is 1. The van der Waals surface area contributed by atoms with Crippen LogP contribution in [0.1, 0.15) is 35.1 Å². The largest absolute Gasteiger partial charge is 0.444 e. The minimum atomic E-state index is -0.305. The topological polar surface area (TPSA) is 68.0 Å². The van der Waals surface area contributed by atoms with E-state index < -0.39 is 0 Å². The van der Waals surface area contributed by atoms with Gasteiger partial charge < -0.3 is 9.73 Å². The number of carbonyl (C=O) groups is 1. The van der Waals surface area contributed by atoms with Crippen LogP contribution < -0.4 is 5.32 Å². The van der Waals surface area contributed by atoms with Gasteiger partial charge in [0.2, 0.25) is 5.89 Å². The Bertz CT molecular complexity index is 568. The van der Waals surface area contributed by atoms with Crippen molar-refractivity contribution in [2.24, 2.45) is 0 Å². The van der Waals surface area contributed by atoms with Gasteiger partial charge >= 0.3 is 0 Å². The fourth-order valence-corrected chi connectivity index (χ4v) is 1.89. The number of aromatic nitrogens is 2.